The van der Waals surface area contributed by atoms with Gasteiger partial charge in [-0.05, 0) is 36.4 Å². The van der Waals surface area contributed by atoms with Crippen LogP contribution in [0, 0.1) is 12.3 Å². The Labute approximate surface area is 160 Å². The SMILES string of the molecule is C#CCn1c(=NC(=O)c2ccc(Cl)cc2Cl)sc2cc(Br)ccc21. The molecule has 0 spiro atoms. The fraction of sp³-hybridized carbons (Fsp3) is 0.0588. The van der Waals surface area contributed by atoms with E-state index < -0.39 is 5.91 Å². The normalized spacial score (nSPS) is 11.7. The van der Waals surface area contributed by atoms with Gasteiger partial charge in [0.1, 0.15) is 0 Å². The van der Waals surface area contributed by atoms with Gasteiger partial charge >= 0.3 is 0 Å². The van der Waals surface area contributed by atoms with Crippen LogP contribution in [0.3, 0.4) is 0 Å². The number of carbonyl (C=O) groups is 1. The number of benzene rings is 2. The van der Waals surface area contributed by atoms with Crippen LogP contribution in [0.1, 0.15) is 10.4 Å². The zero-order valence-electron chi connectivity index (χ0n) is 12.1. The first-order chi connectivity index (χ1) is 11.5. The number of halogens is 3. The number of fused-ring (bicyclic) bond motifs is 1. The van der Waals surface area contributed by atoms with Crippen molar-refractivity contribution in [1.29, 1.82) is 0 Å². The Balaban J connectivity index is 2.17. The van der Waals surface area contributed by atoms with Crippen LogP contribution in [-0.2, 0) is 6.54 Å². The fourth-order valence-electron chi connectivity index (χ4n) is 2.19. The van der Waals surface area contributed by atoms with E-state index in [-0.39, 0.29) is 5.02 Å². The molecule has 0 aliphatic carbocycles. The summed E-state index contributed by atoms with van der Waals surface area (Å²) in [6.07, 6.45) is 5.45. The van der Waals surface area contributed by atoms with Crippen molar-refractivity contribution in [3.63, 3.8) is 0 Å². The average Bonchev–Trinajstić information content (AvgIpc) is 2.84. The number of aromatic nitrogens is 1. The number of hydrogen-bond donors (Lipinski definition) is 0. The molecule has 7 heteroatoms. The second-order valence-electron chi connectivity index (χ2n) is 4.83. The number of carbonyl (C=O) groups excluding carboxylic acids is 1. The van der Waals surface area contributed by atoms with Crippen molar-refractivity contribution < 1.29 is 4.79 Å². The van der Waals surface area contributed by atoms with E-state index in [4.69, 9.17) is 29.6 Å². The molecule has 3 aromatic rings. The van der Waals surface area contributed by atoms with Gasteiger partial charge in [0.25, 0.3) is 5.91 Å². The maximum absolute atomic E-state index is 12.5. The lowest BCUT2D eigenvalue weighted by Crippen LogP contribution is -2.16. The molecule has 3 rings (SSSR count). The quantitative estimate of drug-likeness (QED) is 0.508. The standard InChI is InChI=1S/C17H9BrCl2N2OS/c1-2-7-22-14-6-3-10(18)8-15(14)24-17(22)21-16(23)12-5-4-11(19)9-13(12)20/h1,3-6,8-9H,7H2. The third-order valence-electron chi connectivity index (χ3n) is 3.25. The molecule has 0 fully saturated rings. The van der Waals surface area contributed by atoms with Crippen LogP contribution in [0.2, 0.25) is 10.0 Å². The van der Waals surface area contributed by atoms with Gasteiger partial charge in [0.15, 0.2) is 4.80 Å². The molecule has 1 amide bonds. The van der Waals surface area contributed by atoms with Gasteiger partial charge in [-0.3, -0.25) is 4.79 Å². The molecule has 0 aliphatic heterocycles. The van der Waals surface area contributed by atoms with Gasteiger partial charge in [0.2, 0.25) is 0 Å². The Kier molecular flexibility index (Phi) is 5.12. The molecule has 0 saturated heterocycles. The minimum atomic E-state index is -0.437. The summed E-state index contributed by atoms with van der Waals surface area (Å²) in [5.41, 5.74) is 1.22. The van der Waals surface area contributed by atoms with Crippen molar-refractivity contribution in [1.82, 2.24) is 4.57 Å². The Morgan fingerprint density at radius 2 is 2.08 bits per heavy atom. The van der Waals surface area contributed by atoms with Crippen LogP contribution in [0.25, 0.3) is 10.2 Å². The number of terminal acetylenes is 1. The Morgan fingerprint density at radius 3 is 2.79 bits per heavy atom. The highest BCUT2D eigenvalue weighted by Gasteiger charge is 2.12. The van der Waals surface area contributed by atoms with E-state index in [0.717, 1.165) is 14.7 Å². The molecule has 0 bridgehead atoms. The van der Waals surface area contributed by atoms with E-state index in [0.29, 0.717) is 21.9 Å². The van der Waals surface area contributed by atoms with Gasteiger partial charge < -0.3 is 4.57 Å². The van der Waals surface area contributed by atoms with Crippen molar-refractivity contribution in [3.8, 4) is 12.3 Å². The lowest BCUT2D eigenvalue weighted by molar-refractivity contribution is 0.0998. The van der Waals surface area contributed by atoms with Crippen molar-refractivity contribution in [2.24, 2.45) is 4.99 Å². The lowest BCUT2D eigenvalue weighted by atomic mass is 10.2. The molecule has 0 aliphatic rings. The van der Waals surface area contributed by atoms with Gasteiger partial charge in [-0.25, -0.2) is 0 Å². The topological polar surface area (TPSA) is 34.4 Å². The molecule has 2 aromatic carbocycles. The van der Waals surface area contributed by atoms with E-state index in [2.05, 4.69) is 26.8 Å². The monoisotopic (exact) mass is 438 g/mol. The number of amides is 1. The number of thiazole rings is 1. The predicted molar refractivity (Wildman–Crippen MR) is 103 cm³/mol. The molecule has 1 heterocycles. The molecule has 24 heavy (non-hydrogen) atoms. The van der Waals surface area contributed by atoms with Crippen LogP contribution in [-0.4, -0.2) is 10.5 Å². The highest BCUT2D eigenvalue weighted by Crippen LogP contribution is 2.23. The second kappa shape index (κ2) is 7.12. The zero-order chi connectivity index (χ0) is 17.3. The summed E-state index contributed by atoms with van der Waals surface area (Å²) in [5, 5.41) is 0.731. The van der Waals surface area contributed by atoms with E-state index >= 15 is 0 Å². The van der Waals surface area contributed by atoms with Gasteiger partial charge in [-0.1, -0.05) is 56.4 Å². The van der Waals surface area contributed by atoms with Crippen molar-refractivity contribution in [3.05, 3.63) is 61.3 Å². The van der Waals surface area contributed by atoms with Gasteiger partial charge in [0.05, 0.1) is 27.3 Å². The van der Waals surface area contributed by atoms with Crippen LogP contribution in [0.4, 0.5) is 0 Å². The highest BCUT2D eigenvalue weighted by atomic mass is 79.9. The average molecular weight is 440 g/mol. The smallest absolute Gasteiger partial charge is 0.281 e. The summed E-state index contributed by atoms with van der Waals surface area (Å²) < 4.78 is 3.75. The molecular formula is C17H9BrCl2N2OS. The number of hydrogen-bond acceptors (Lipinski definition) is 2. The maximum atomic E-state index is 12.5. The summed E-state index contributed by atoms with van der Waals surface area (Å²) in [4.78, 5) is 17.2. The highest BCUT2D eigenvalue weighted by molar-refractivity contribution is 9.10. The summed E-state index contributed by atoms with van der Waals surface area (Å²) in [7, 11) is 0. The predicted octanol–water partition coefficient (Wildman–Crippen LogP) is 5.15. The summed E-state index contributed by atoms with van der Waals surface area (Å²) in [5.74, 6) is 2.16. The van der Waals surface area contributed by atoms with Crippen LogP contribution in [0.15, 0.2) is 45.9 Å². The summed E-state index contributed by atoms with van der Waals surface area (Å²) >= 11 is 16.8. The van der Waals surface area contributed by atoms with Crippen LogP contribution >= 0.6 is 50.5 Å². The number of nitrogens with zero attached hydrogens (tertiary/aromatic N) is 2. The minimum Gasteiger partial charge on any atom is -0.305 e. The molecule has 1 aromatic heterocycles. The first-order valence-electron chi connectivity index (χ1n) is 6.76. The third-order valence-corrected chi connectivity index (χ3v) is 5.34. The van der Waals surface area contributed by atoms with Crippen molar-refractivity contribution in [2.45, 2.75) is 6.54 Å². The summed E-state index contributed by atoms with van der Waals surface area (Å²) in [6.45, 7) is 0.322. The lowest BCUT2D eigenvalue weighted by Gasteiger charge is -2.01. The first-order valence-corrected chi connectivity index (χ1v) is 9.12. The fourth-order valence-corrected chi connectivity index (χ4v) is 4.26. The van der Waals surface area contributed by atoms with E-state index in [1.54, 1.807) is 12.1 Å². The molecule has 0 radical (unpaired) electrons. The maximum Gasteiger partial charge on any atom is 0.281 e. The van der Waals surface area contributed by atoms with Crippen molar-refractivity contribution in [2.75, 3.05) is 0 Å². The first kappa shape index (κ1) is 17.2. The van der Waals surface area contributed by atoms with Gasteiger partial charge in [-0.15, -0.1) is 6.42 Å². The molecule has 3 nitrogen and oxygen atoms in total. The second-order valence-corrected chi connectivity index (χ2v) is 7.60. The van der Waals surface area contributed by atoms with Gasteiger partial charge in [-0.2, -0.15) is 4.99 Å². The Hall–Kier alpha value is -1.58. The molecule has 0 N–H and O–H groups in total. The molecule has 0 unspecified atom stereocenters. The van der Waals surface area contributed by atoms with Gasteiger partial charge in [0, 0.05) is 9.50 Å². The van der Waals surface area contributed by atoms with Crippen molar-refractivity contribution >= 4 is 66.6 Å². The largest absolute Gasteiger partial charge is 0.305 e. The third kappa shape index (κ3) is 3.42. The van der Waals surface area contributed by atoms with E-state index in [1.807, 2.05) is 22.8 Å². The molecule has 120 valence electrons. The molecular weight excluding hydrogens is 431 g/mol. The summed E-state index contributed by atoms with van der Waals surface area (Å²) in [6, 6.07) is 10.5. The Bertz CT molecular complexity index is 1060. The van der Waals surface area contributed by atoms with Crippen LogP contribution < -0.4 is 4.80 Å². The van der Waals surface area contributed by atoms with E-state index in [9.17, 15) is 4.79 Å². The van der Waals surface area contributed by atoms with Crippen LogP contribution in [0.5, 0.6) is 0 Å². The molecule has 0 saturated carbocycles. The minimum absolute atomic E-state index is 0.267. The zero-order valence-corrected chi connectivity index (χ0v) is 16.0. The molecule has 0 atom stereocenters. The van der Waals surface area contributed by atoms with E-state index in [1.165, 1.54) is 17.4 Å². The number of rotatable bonds is 2. The Morgan fingerprint density at radius 1 is 1.29 bits per heavy atom.